The highest BCUT2D eigenvalue weighted by molar-refractivity contribution is 6.58. The molecule has 0 saturated carbocycles. The largest absolute Gasteiger partial charge is 0.377 e. The van der Waals surface area contributed by atoms with Crippen LogP contribution in [0.15, 0.2) is 23.8 Å². The first-order chi connectivity index (χ1) is 6.75. The molecule has 0 N–H and O–H groups in total. The summed E-state index contributed by atoms with van der Waals surface area (Å²) in [7, 11) is -0.723. The average Bonchev–Trinajstić information content (AvgIpc) is 2.64. The van der Waals surface area contributed by atoms with Crippen LogP contribution in [0.1, 0.15) is 26.2 Å². The van der Waals surface area contributed by atoms with Crippen LogP contribution in [0, 0.1) is 0 Å². The van der Waals surface area contributed by atoms with E-state index >= 15 is 0 Å². The van der Waals surface area contributed by atoms with E-state index < -0.39 is 8.80 Å². The molecule has 0 aromatic rings. The molecule has 0 heterocycles. The van der Waals surface area contributed by atoms with Gasteiger partial charge in [0, 0.05) is 6.61 Å². The highest BCUT2D eigenvalue weighted by atomic mass is 28.3. The quantitative estimate of drug-likeness (QED) is 0.483. The molecule has 2 heteroatoms. The lowest BCUT2D eigenvalue weighted by atomic mass is 10.3. The van der Waals surface area contributed by atoms with E-state index in [1.54, 1.807) is 0 Å². The van der Waals surface area contributed by atoms with Crippen LogP contribution in [0.5, 0.6) is 0 Å². The van der Waals surface area contributed by atoms with Crippen molar-refractivity contribution in [3.63, 3.8) is 0 Å². The minimum atomic E-state index is -0.723. The second-order valence-corrected chi connectivity index (χ2v) is 7.32. The van der Waals surface area contributed by atoms with Crippen LogP contribution in [-0.4, -0.2) is 21.1 Å². The van der Waals surface area contributed by atoms with Crippen LogP contribution < -0.4 is 0 Å². The van der Waals surface area contributed by atoms with Gasteiger partial charge in [-0.2, -0.15) is 0 Å². The number of ether oxygens (including phenoxy) is 1. The van der Waals surface area contributed by atoms with E-state index in [2.05, 4.69) is 38.2 Å². The molecule has 1 unspecified atom stereocenters. The van der Waals surface area contributed by atoms with Gasteiger partial charge in [-0.3, -0.25) is 0 Å². The van der Waals surface area contributed by atoms with Crippen molar-refractivity contribution in [1.29, 1.82) is 0 Å². The third kappa shape index (κ3) is 3.43. The lowest BCUT2D eigenvalue weighted by Crippen LogP contribution is -2.29. The second kappa shape index (κ2) is 6.20. The summed E-state index contributed by atoms with van der Waals surface area (Å²) >= 11 is 0. The Morgan fingerprint density at radius 1 is 1.50 bits per heavy atom. The monoisotopic (exact) mass is 210 g/mol. The van der Waals surface area contributed by atoms with Crippen molar-refractivity contribution in [2.24, 2.45) is 0 Å². The van der Waals surface area contributed by atoms with Crippen LogP contribution >= 0.6 is 0 Å². The third-order valence-electron chi connectivity index (χ3n) is 2.53. The molecule has 1 aliphatic rings. The summed E-state index contributed by atoms with van der Waals surface area (Å²) in [6, 6.07) is 0. The zero-order valence-corrected chi connectivity index (χ0v) is 10.8. The Hall–Kier alpha value is -0.343. The number of hydrogen-bond donors (Lipinski definition) is 0. The summed E-state index contributed by atoms with van der Waals surface area (Å²) in [6.07, 6.45) is 10.3. The fourth-order valence-corrected chi connectivity index (χ4v) is 3.25. The van der Waals surface area contributed by atoms with Gasteiger partial charge in [0.2, 0.25) is 0 Å². The smallest absolute Gasteiger partial charge is 0.0713 e. The molecule has 0 fully saturated rings. The van der Waals surface area contributed by atoms with Gasteiger partial charge < -0.3 is 4.74 Å². The molecule has 1 rings (SSSR count). The molecule has 0 saturated heterocycles. The summed E-state index contributed by atoms with van der Waals surface area (Å²) in [4.78, 5) is 0. The van der Waals surface area contributed by atoms with E-state index in [0.717, 1.165) is 13.0 Å². The minimum Gasteiger partial charge on any atom is -0.377 e. The summed E-state index contributed by atoms with van der Waals surface area (Å²) in [5.74, 6) is 0. The van der Waals surface area contributed by atoms with Crippen molar-refractivity contribution < 1.29 is 4.74 Å². The molecule has 0 aromatic heterocycles. The highest BCUT2D eigenvalue weighted by Crippen LogP contribution is 2.18. The van der Waals surface area contributed by atoms with Crippen LogP contribution in [0.3, 0.4) is 0 Å². The van der Waals surface area contributed by atoms with Crippen molar-refractivity contribution in [3.05, 3.63) is 23.8 Å². The van der Waals surface area contributed by atoms with Gasteiger partial charge in [0.1, 0.15) is 0 Å². The van der Waals surface area contributed by atoms with Gasteiger partial charge in [0.05, 0.1) is 14.5 Å². The number of rotatable bonds is 6. The normalized spacial score (nSPS) is 17.6. The number of allylic oxidation sites excluding steroid dienone is 2. The van der Waals surface area contributed by atoms with Gasteiger partial charge in [-0.05, 0) is 18.4 Å². The van der Waals surface area contributed by atoms with E-state index in [-0.39, 0.29) is 0 Å². The summed E-state index contributed by atoms with van der Waals surface area (Å²) in [6.45, 7) is 7.87. The van der Waals surface area contributed by atoms with Gasteiger partial charge >= 0.3 is 0 Å². The molecule has 14 heavy (non-hydrogen) atoms. The van der Waals surface area contributed by atoms with Gasteiger partial charge in [-0.25, -0.2) is 0 Å². The molecule has 0 aromatic carbocycles. The summed E-state index contributed by atoms with van der Waals surface area (Å²) in [5.41, 5.74) is 1.88. The standard InChI is InChI=1S/C12H22OSi/c1-4-5-10-13-12(14(2)3)11-8-6-7-9-11/h6,8-9,12,14H,4-5,7,10H2,1-3H3. The van der Waals surface area contributed by atoms with E-state index in [1.807, 2.05) is 0 Å². The summed E-state index contributed by atoms with van der Waals surface area (Å²) in [5, 5.41) is 0. The van der Waals surface area contributed by atoms with Crippen LogP contribution in [0.25, 0.3) is 0 Å². The molecule has 1 aliphatic carbocycles. The first-order valence-corrected chi connectivity index (χ1v) is 8.71. The molecule has 1 nitrogen and oxygen atoms in total. The molecule has 0 bridgehead atoms. The molecule has 0 radical (unpaired) electrons. The fourth-order valence-electron chi connectivity index (χ4n) is 1.72. The molecular formula is C12H22OSi. The van der Waals surface area contributed by atoms with Crippen LogP contribution in [0.4, 0.5) is 0 Å². The maximum atomic E-state index is 5.97. The maximum absolute atomic E-state index is 5.97. The van der Waals surface area contributed by atoms with Crippen molar-refractivity contribution >= 4 is 8.80 Å². The van der Waals surface area contributed by atoms with E-state index in [1.165, 1.54) is 18.4 Å². The molecule has 0 aliphatic heterocycles. The van der Waals surface area contributed by atoms with Gasteiger partial charge in [0.15, 0.2) is 0 Å². The minimum absolute atomic E-state index is 0.445. The zero-order valence-electron chi connectivity index (χ0n) is 9.62. The topological polar surface area (TPSA) is 9.23 Å². The predicted molar refractivity (Wildman–Crippen MR) is 65.4 cm³/mol. The van der Waals surface area contributed by atoms with Crippen molar-refractivity contribution in [3.8, 4) is 0 Å². The van der Waals surface area contributed by atoms with Crippen molar-refractivity contribution in [2.75, 3.05) is 6.61 Å². The molecule has 1 atom stereocenters. The first kappa shape index (κ1) is 11.7. The van der Waals surface area contributed by atoms with Crippen molar-refractivity contribution in [1.82, 2.24) is 0 Å². The molecule has 0 amide bonds. The number of unbranched alkanes of at least 4 members (excludes halogenated alkanes) is 1. The Bertz CT molecular complexity index is 218. The molecule has 0 spiro atoms. The zero-order chi connectivity index (χ0) is 10.4. The second-order valence-electron chi connectivity index (χ2n) is 4.23. The van der Waals surface area contributed by atoms with Crippen LogP contribution in [0.2, 0.25) is 13.1 Å². The van der Waals surface area contributed by atoms with E-state index in [0.29, 0.717) is 5.73 Å². The lowest BCUT2D eigenvalue weighted by molar-refractivity contribution is 0.123. The Morgan fingerprint density at radius 2 is 2.29 bits per heavy atom. The maximum Gasteiger partial charge on any atom is 0.0713 e. The first-order valence-electron chi connectivity index (χ1n) is 5.74. The molecule has 80 valence electrons. The average molecular weight is 210 g/mol. The Labute approximate surface area is 89.5 Å². The Morgan fingerprint density at radius 3 is 2.79 bits per heavy atom. The SMILES string of the molecule is CCCCOC(C1=CCC=C1)[SiH](C)C. The third-order valence-corrected chi connectivity index (χ3v) is 4.32. The summed E-state index contributed by atoms with van der Waals surface area (Å²) < 4.78 is 5.97. The van der Waals surface area contributed by atoms with Gasteiger partial charge in [-0.1, -0.05) is 44.7 Å². The highest BCUT2D eigenvalue weighted by Gasteiger charge is 2.19. The fraction of sp³-hybridized carbons (Fsp3) is 0.667. The predicted octanol–water partition coefficient (Wildman–Crippen LogP) is 3.08. The number of hydrogen-bond acceptors (Lipinski definition) is 1. The van der Waals surface area contributed by atoms with E-state index in [9.17, 15) is 0 Å². The Kier molecular flexibility index (Phi) is 5.19. The van der Waals surface area contributed by atoms with Gasteiger partial charge in [-0.15, -0.1) is 0 Å². The Balaban J connectivity index is 2.43. The lowest BCUT2D eigenvalue weighted by Gasteiger charge is -2.21. The van der Waals surface area contributed by atoms with Gasteiger partial charge in [0.25, 0.3) is 0 Å². The van der Waals surface area contributed by atoms with Crippen molar-refractivity contribution in [2.45, 2.75) is 45.0 Å². The molecular weight excluding hydrogens is 188 g/mol. The van der Waals surface area contributed by atoms with E-state index in [4.69, 9.17) is 4.74 Å². The van der Waals surface area contributed by atoms with Crippen LogP contribution in [-0.2, 0) is 4.74 Å².